The van der Waals surface area contributed by atoms with Crippen LogP contribution in [0.5, 0.6) is 0 Å². The highest BCUT2D eigenvalue weighted by Gasteiger charge is 2.40. The van der Waals surface area contributed by atoms with E-state index in [9.17, 15) is 9.59 Å². The number of carbonyl (C=O) groups is 2. The lowest BCUT2D eigenvalue weighted by molar-refractivity contribution is -0.128. The highest BCUT2D eigenvalue weighted by molar-refractivity contribution is 8.13. The fraction of sp³-hybridized carbons (Fsp3) is 0.583. The Balaban J connectivity index is 2.18. The zero-order valence-electron chi connectivity index (χ0n) is 17.5. The molecule has 2 rings (SSSR count). The lowest BCUT2D eigenvalue weighted by atomic mass is 9.67. The van der Waals surface area contributed by atoms with Crippen LogP contribution in [0, 0.1) is 23.2 Å². The van der Waals surface area contributed by atoms with Crippen LogP contribution in [0.3, 0.4) is 0 Å². The molecule has 152 valence electrons. The van der Waals surface area contributed by atoms with Crippen LogP contribution in [0.4, 0.5) is 5.69 Å². The Morgan fingerprint density at radius 2 is 1.82 bits per heavy atom. The highest BCUT2D eigenvalue weighted by atomic mass is 32.2. The van der Waals surface area contributed by atoms with Gasteiger partial charge in [0.2, 0.25) is 11.0 Å². The van der Waals surface area contributed by atoms with Gasteiger partial charge in [0.05, 0.1) is 12.1 Å². The van der Waals surface area contributed by atoms with E-state index in [-0.39, 0.29) is 22.9 Å². The number of thioether (sulfide) groups is 1. The van der Waals surface area contributed by atoms with E-state index in [1.807, 2.05) is 24.3 Å². The number of hydrogen-bond donors (Lipinski definition) is 1. The molecule has 1 N–H and O–H groups in total. The van der Waals surface area contributed by atoms with E-state index in [2.05, 4.69) is 31.0 Å². The number of anilines is 1. The van der Waals surface area contributed by atoms with Crippen LogP contribution in [0.2, 0.25) is 0 Å². The Morgan fingerprint density at radius 1 is 1.14 bits per heavy atom. The molecule has 1 aliphatic carbocycles. The van der Waals surface area contributed by atoms with Crippen LogP contribution in [0.1, 0.15) is 78.6 Å². The van der Waals surface area contributed by atoms with E-state index in [1.165, 1.54) is 6.42 Å². The number of benzene rings is 1. The van der Waals surface area contributed by atoms with Gasteiger partial charge in [-0.2, -0.15) is 0 Å². The molecule has 1 aromatic carbocycles. The predicted octanol–water partition coefficient (Wildman–Crippen LogP) is 6.43. The van der Waals surface area contributed by atoms with Crippen LogP contribution < -0.4 is 5.32 Å². The van der Waals surface area contributed by atoms with Gasteiger partial charge < -0.3 is 5.32 Å². The van der Waals surface area contributed by atoms with Gasteiger partial charge in [-0.25, -0.2) is 0 Å². The molecular formula is C24H33NO2S. The van der Waals surface area contributed by atoms with Crippen molar-refractivity contribution in [1.82, 2.24) is 0 Å². The summed E-state index contributed by atoms with van der Waals surface area (Å²) in [5.74, 6) is 6.29. The fourth-order valence-corrected chi connectivity index (χ4v) is 4.88. The van der Waals surface area contributed by atoms with Crippen molar-refractivity contribution in [3.63, 3.8) is 0 Å². The van der Waals surface area contributed by atoms with E-state index in [4.69, 9.17) is 0 Å². The van der Waals surface area contributed by atoms with E-state index < -0.39 is 0 Å². The summed E-state index contributed by atoms with van der Waals surface area (Å²) < 4.78 is 0. The van der Waals surface area contributed by atoms with Gasteiger partial charge >= 0.3 is 0 Å². The molecule has 0 spiro atoms. The zero-order chi connectivity index (χ0) is 20.4. The van der Waals surface area contributed by atoms with Crippen LogP contribution in [0.15, 0.2) is 29.2 Å². The second-order valence-electron chi connectivity index (χ2n) is 7.76. The van der Waals surface area contributed by atoms with Crippen LogP contribution in [-0.4, -0.2) is 11.0 Å². The molecule has 1 fully saturated rings. The topological polar surface area (TPSA) is 46.2 Å². The van der Waals surface area contributed by atoms with E-state index in [1.54, 1.807) is 6.92 Å². The first-order valence-corrected chi connectivity index (χ1v) is 11.4. The van der Waals surface area contributed by atoms with Gasteiger partial charge in [0.15, 0.2) is 0 Å². The summed E-state index contributed by atoms with van der Waals surface area (Å²) >= 11 is 1.16. The molecule has 0 saturated heterocycles. The molecule has 1 aromatic rings. The maximum Gasteiger partial charge on any atom is 0.230 e. The third-order valence-electron chi connectivity index (χ3n) is 5.90. The number of nitrogens with one attached hydrogen (secondary N) is 1. The van der Waals surface area contributed by atoms with Gasteiger partial charge in [-0.15, -0.1) is 5.92 Å². The zero-order valence-corrected chi connectivity index (χ0v) is 18.3. The van der Waals surface area contributed by atoms with Gasteiger partial charge in [0.25, 0.3) is 0 Å². The SMILES string of the molecule is CC#CCC(=O)Sc1ccccc1NC(=O)C1(CC(CC)CC)CCCCC1. The monoisotopic (exact) mass is 399 g/mol. The summed E-state index contributed by atoms with van der Waals surface area (Å²) in [5.41, 5.74) is 0.467. The standard InChI is InChI=1S/C24H33NO2S/c1-4-7-15-22(26)28-21-14-10-9-13-20(21)25-23(27)24(16-11-8-12-17-24)18-19(5-2)6-3/h9-10,13-14,19H,5-6,8,11-12,15-18H2,1-3H3,(H,25,27). The fourth-order valence-electron chi connectivity index (χ4n) is 4.12. The molecule has 1 amide bonds. The second kappa shape index (κ2) is 11.3. The number of amides is 1. The Kier molecular flexibility index (Phi) is 9.12. The summed E-state index contributed by atoms with van der Waals surface area (Å²) in [6.07, 6.45) is 8.82. The maximum atomic E-state index is 13.4. The van der Waals surface area contributed by atoms with Crippen molar-refractivity contribution in [2.75, 3.05) is 5.32 Å². The smallest absolute Gasteiger partial charge is 0.230 e. The van der Waals surface area contributed by atoms with Crippen molar-refractivity contribution in [3.8, 4) is 11.8 Å². The van der Waals surface area contributed by atoms with Crippen molar-refractivity contribution in [3.05, 3.63) is 24.3 Å². The minimum Gasteiger partial charge on any atom is -0.325 e. The number of rotatable bonds is 8. The third kappa shape index (κ3) is 6.14. The molecule has 0 radical (unpaired) electrons. The minimum absolute atomic E-state index is 0.000425. The van der Waals surface area contributed by atoms with Gasteiger partial charge in [-0.1, -0.05) is 64.0 Å². The van der Waals surface area contributed by atoms with Crippen LogP contribution in [-0.2, 0) is 9.59 Å². The Hall–Kier alpha value is -1.73. The molecule has 1 aliphatic rings. The van der Waals surface area contributed by atoms with Crippen LogP contribution in [0.25, 0.3) is 0 Å². The van der Waals surface area contributed by atoms with Crippen molar-refractivity contribution >= 4 is 28.5 Å². The molecule has 28 heavy (non-hydrogen) atoms. The first-order valence-electron chi connectivity index (χ1n) is 10.6. The van der Waals surface area contributed by atoms with Crippen molar-refractivity contribution in [2.45, 2.75) is 83.5 Å². The van der Waals surface area contributed by atoms with Crippen molar-refractivity contribution in [2.24, 2.45) is 11.3 Å². The second-order valence-corrected chi connectivity index (χ2v) is 8.85. The maximum absolute atomic E-state index is 13.4. The number of hydrogen-bond acceptors (Lipinski definition) is 3. The third-order valence-corrected chi connectivity index (χ3v) is 6.84. The average molecular weight is 400 g/mol. The summed E-state index contributed by atoms with van der Waals surface area (Å²) in [5, 5.41) is 3.19. The quantitative estimate of drug-likeness (QED) is 0.404. The molecule has 0 bridgehead atoms. The lowest BCUT2D eigenvalue weighted by Gasteiger charge is -2.38. The van der Waals surface area contributed by atoms with Crippen molar-refractivity contribution < 1.29 is 9.59 Å². The summed E-state index contributed by atoms with van der Waals surface area (Å²) in [7, 11) is 0. The Bertz CT molecular complexity index is 722. The predicted molar refractivity (Wildman–Crippen MR) is 118 cm³/mol. The van der Waals surface area contributed by atoms with Gasteiger partial charge in [-0.3, -0.25) is 9.59 Å². The molecule has 1 saturated carbocycles. The lowest BCUT2D eigenvalue weighted by Crippen LogP contribution is -2.39. The minimum atomic E-state index is -0.273. The van der Waals surface area contributed by atoms with Gasteiger partial charge in [0, 0.05) is 10.3 Å². The summed E-state index contributed by atoms with van der Waals surface area (Å²) in [6.45, 7) is 6.17. The molecule has 0 aliphatic heterocycles. The van der Waals surface area contributed by atoms with E-state index >= 15 is 0 Å². The molecule has 0 heterocycles. The van der Waals surface area contributed by atoms with E-state index in [0.717, 1.165) is 67.3 Å². The molecular weight excluding hydrogens is 366 g/mol. The molecule has 0 unspecified atom stereocenters. The summed E-state index contributed by atoms with van der Waals surface area (Å²) in [6, 6.07) is 7.60. The molecule has 0 atom stereocenters. The summed E-state index contributed by atoms with van der Waals surface area (Å²) in [4.78, 5) is 26.4. The highest BCUT2D eigenvalue weighted by Crippen LogP contribution is 2.44. The largest absolute Gasteiger partial charge is 0.325 e. The first-order chi connectivity index (χ1) is 13.5. The van der Waals surface area contributed by atoms with E-state index in [0.29, 0.717) is 5.92 Å². The number of carbonyl (C=O) groups excluding carboxylic acids is 2. The van der Waals surface area contributed by atoms with Crippen molar-refractivity contribution in [1.29, 1.82) is 0 Å². The Morgan fingerprint density at radius 3 is 2.46 bits per heavy atom. The van der Waals surface area contributed by atoms with Crippen LogP contribution >= 0.6 is 11.8 Å². The molecule has 4 heteroatoms. The van der Waals surface area contributed by atoms with Gasteiger partial charge in [0.1, 0.15) is 0 Å². The molecule has 3 nitrogen and oxygen atoms in total. The number of para-hydroxylation sites is 1. The average Bonchev–Trinajstić information content (AvgIpc) is 2.72. The molecule has 0 aromatic heterocycles. The Labute approximate surface area is 174 Å². The normalized spacial score (nSPS) is 15.6. The first kappa shape index (κ1) is 22.6. The van der Waals surface area contributed by atoms with Gasteiger partial charge in [-0.05, 0) is 56.0 Å².